The van der Waals surface area contributed by atoms with Gasteiger partial charge in [0.2, 0.25) is 5.91 Å². The van der Waals surface area contributed by atoms with E-state index in [-0.39, 0.29) is 12.0 Å². The zero-order valence-corrected chi connectivity index (χ0v) is 15.0. The SMILES string of the molecule is CN(CC(=O)Nc1ccc(Br)cc1Br)CC1CNCCO1. The summed E-state index contributed by atoms with van der Waals surface area (Å²) in [5.74, 6) is -0.0377. The maximum Gasteiger partial charge on any atom is 0.238 e. The van der Waals surface area contributed by atoms with E-state index in [0.717, 1.165) is 40.9 Å². The molecular weight excluding hydrogens is 402 g/mol. The molecule has 1 fully saturated rings. The Morgan fingerprint density at radius 2 is 2.33 bits per heavy atom. The molecule has 1 heterocycles. The van der Waals surface area contributed by atoms with Crippen LogP contribution in [0.5, 0.6) is 0 Å². The monoisotopic (exact) mass is 419 g/mol. The molecule has 21 heavy (non-hydrogen) atoms. The van der Waals surface area contributed by atoms with Crippen LogP contribution in [0.2, 0.25) is 0 Å². The molecule has 1 atom stereocenters. The molecule has 2 rings (SSSR count). The molecule has 0 aliphatic carbocycles. The number of benzene rings is 1. The first-order chi connectivity index (χ1) is 10.0. The Labute approximate surface area is 141 Å². The Hall–Kier alpha value is -0.470. The molecule has 0 bridgehead atoms. The summed E-state index contributed by atoms with van der Waals surface area (Å²) in [6.45, 7) is 3.54. The highest BCUT2D eigenvalue weighted by molar-refractivity contribution is 9.11. The summed E-state index contributed by atoms with van der Waals surface area (Å²) in [5, 5.41) is 6.18. The highest BCUT2D eigenvalue weighted by Crippen LogP contribution is 2.26. The summed E-state index contributed by atoms with van der Waals surface area (Å²) in [4.78, 5) is 14.0. The molecule has 1 aliphatic rings. The summed E-state index contributed by atoms with van der Waals surface area (Å²) in [7, 11) is 1.92. The number of hydrogen-bond donors (Lipinski definition) is 2. The summed E-state index contributed by atoms with van der Waals surface area (Å²) in [6.07, 6.45) is 0.149. The second-order valence-corrected chi connectivity index (χ2v) is 6.84. The van der Waals surface area contributed by atoms with E-state index in [4.69, 9.17) is 4.74 Å². The van der Waals surface area contributed by atoms with Crippen molar-refractivity contribution in [2.24, 2.45) is 0 Å². The lowest BCUT2D eigenvalue weighted by atomic mass is 10.3. The molecule has 1 amide bonds. The Kier molecular flexibility index (Phi) is 6.63. The Morgan fingerprint density at radius 1 is 1.52 bits per heavy atom. The van der Waals surface area contributed by atoms with Gasteiger partial charge in [-0.05, 0) is 41.2 Å². The van der Waals surface area contributed by atoms with Crippen molar-refractivity contribution >= 4 is 43.5 Å². The normalized spacial score (nSPS) is 18.8. The number of rotatable bonds is 5. The van der Waals surface area contributed by atoms with Crippen LogP contribution in [0.3, 0.4) is 0 Å². The highest BCUT2D eigenvalue weighted by Gasteiger charge is 2.17. The molecule has 5 nitrogen and oxygen atoms in total. The predicted molar refractivity (Wildman–Crippen MR) is 90.6 cm³/mol. The molecule has 1 aliphatic heterocycles. The van der Waals surface area contributed by atoms with E-state index in [9.17, 15) is 4.79 Å². The number of anilines is 1. The van der Waals surface area contributed by atoms with E-state index < -0.39 is 0 Å². The van der Waals surface area contributed by atoms with Crippen LogP contribution in [-0.2, 0) is 9.53 Å². The molecule has 0 saturated carbocycles. The van der Waals surface area contributed by atoms with Gasteiger partial charge in [0.1, 0.15) is 0 Å². The van der Waals surface area contributed by atoms with E-state index >= 15 is 0 Å². The molecule has 0 aromatic heterocycles. The van der Waals surface area contributed by atoms with Gasteiger partial charge in [0.25, 0.3) is 0 Å². The predicted octanol–water partition coefficient (Wildman–Crippen LogP) is 2.07. The van der Waals surface area contributed by atoms with E-state index in [1.165, 1.54) is 0 Å². The average Bonchev–Trinajstić information content (AvgIpc) is 2.43. The minimum absolute atomic E-state index is 0.0377. The Balaban J connectivity index is 1.80. The van der Waals surface area contributed by atoms with Crippen LogP contribution in [0.25, 0.3) is 0 Å². The largest absolute Gasteiger partial charge is 0.374 e. The summed E-state index contributed by atoms with van der Waals surface area (Å²) >= 11 is 6.82. The topological polar surface area (TPSA) is 53.6 Å². The number of morpholine rings is 1. The van der Waals surface area contributed by atoms with Gasteiger partial charge in [-0.25, -0.2) is 0 Å². The quantitative estimate of drug-likeness (QED) is 0.765. The van der Waals surface area contributed by atoms with Crippen molar-refractivity contribution < 1.29 is 9.53 Å². The van der Waals surface area contributed by atoms with Crippen molar-refractivity contribution in [2.75, 3.05) is 45.2 Å². The van der Waals surface area contributed by atoms with Gasteiger partial charge in [0.15, 0.2) is 0 Å². The maximum absolute atomic E-state index is 12.1. The number of nitrogens with one attached hydrogen (secondary N) is 2. The number of halogens is 2. The highest BCUT2D eigenvalue weighted by atomic mass is 79.9. The third kappa shape index (κ3) is 5.67. The second-order valence-electron chi connectivity index (χ2n) is 5.07. The van der Waals surface area contributed by atoms with Crippen LogP contribution in [-0.4, -0.2) is 56.7 Å². The van der Waals surface area contributed by atoms with Gasteiger partial charge in [0, 0.05) is 28.6 Å². The molecule has 2 N–H and O–H groups in total. The van der Waals surface area contributed by atoms with Crippen LogP contribution in [0.4, 0.5) is 5.69 Å². The summed E-state index contributed by atoms with van der Waals surface area (Å²) < 4.78 is 7.45. The van der Waals surface area contributed by atoms with Gasteiger partial charge in [0.05, 0.1) is 24.9 Å². The van der Waals surface area contributed by atoms with Crippen molar-refractivity contribution in [3.8, 4) is 0 Å². The van der Waals surface area contributed by atoms with E-state index in [0.29, 0.717) is 6.54 Å². The first-order valence-corrected chi connectivity index (χ1v) is 8.39. The standard InChI is InChI=1S/C14H19Br2N3O2/c1-19(8-11-7-17-4-5-21-11)9-14(20)18-13-3-2-10(15)6-12(13)16/h2-3,6,11,17H,4-5,7-9H2,1H3,(H,18,20). The maximum atomic E-state index is 12.1. The van der Waals surface area contributed by atoms with Crippen molar-refractivity contribution in [1.82, 2.24) is 10.2 Å². The number of carbonyl (C=O) groups is 1. The van der Waals surface area contributed by atoms with Crippen LogP contribution < -0.4 is 10.6 Å². The van der Waals surface area contributed by atoms with E-state index in [1.807, 2.05) is 30.1 Å². The molecule has 1 unspecified atom stereocenters. The minimum atomic E-state index is -0.0377. The summed E-state index contributed by atoms with van der Waals surface area (Å²) in [6, 6.07) is 5.66. The molecule has 7 heteroatoms. The van der Waals surface area contributed by atoms with Crippen molar-refractivity contribution in [2.45, 2.75) is 6.10 Å². The van der Waals surface area contributed by atoms with E-state index in [1.54, 1.807) is 0 Å². The fourth-order valence-electron chi connectivity index (χ4n) is 2.17. The van der Waals surface area contributed by atoms with Crippen molar-refractivity contribution in [1.29, 1.82) is 0 Å². The zero-order chi connectivity index (χ0) is 15.2. The molecule has 0 spiro atoms. The molecular formula is C14H19Br2N3O2. The van der Waals surface area contributed by atoms with Gasteiger partial charge in [-0.2, -0.15) is 0 Å². The molecule has 1 aromatic rings. The third-order valence-electron chi connectivity index (χ3n) is 3.14. The summed E-state index contributed by atoms with van der Waals surface area (Å²) in [5.41, 5.74) is 0.771. The lowest BCUT2D eigenvalue weighted by Gasteiger charge is -2.27. The van der Waals surface area contributed by atoms with Gasteiger partial charge in [-0.3, -0.25) is 9.69 Å². The van der Waals surface area contributed by atoms with Crippen LogP contribution in [0.1, 0.15) is 0 Å². The number of likely N-dealkylation sites (N-methyl/N-ethyl adjacent to an activating group) is 1. The lowest BCUT2D eigenvalue weighted by Crippen LogP contribution is -2.45. The number of amides is 1. The van der Waals surface area contributed by atoms with Gasteiger partial charge in [-0.1, -0.05) is 15.9 Å². The molecule has 116 valence electrons. The number of carbonyl (C=O) groups excluding carboxylic acids is 1. The van der Waals surface area contributed by atoms with Crippen LogP contribution in [0, 0.1) is 0 Å². The van der Waals surface area contributed by atoms with Crippen LogP contribution in [0.15, 0.2) is 27.1 Å². The molecule has 0 radical (unpaired) electrons. The first kappa shape index (κ1) is 16.9. The van der Waals surface area contributed by atoms with Gasteiger partial charge < -0.3 is 15.4 Å². The van der Waals surface area contributed by atoms with Gasteiger partial charge in [-0.15, -0.1) is 0 Å². The molecule has 1 aromatic carbocycles. The van der Waals surface area contributed by atoms with Crippen molar-refractivity contribution in [3.63, 3.8) is 0 Å². The fraction of sp³-hybridized carbons (Fsp3) is 0.500. The lowest BCUT2D eigenvalue weighted by molar-refractivity contribution is -0.117. The number of ether oxygens (including phenoxy) is 1. The van der Waals surface area contributed by atoms with Gasteiger partial charge >= 0.3 is 0 Å². The second kappa shape index (κ2) is 8.24. The Morgan fingerprint density at radius 3 is 3.00 bits per heavy atom. The fourth-order valence-corrected chi connectivity index (χ4v) is 3.32. The molecule has 1 saturated heterocycles. The Bertz CT molecular complexity index is 493. The van der Waals surface area contributed by atoms with E-state index in [2.05, 4.69) is 42.5 Å². The number of hydrogen-bond acceptors (Lipinski definition) is 4. The number of nitrogens with zero attached hydrogens (tertiary/aromatic N) is 1. The van der Waals surface area contributed by atoms with Crippen LogP contribution >= 0.6 is 31.9 Å². The zero-order valence-electron chi connectivity index (χ0n) is 11.9. The average molecular weight is 421 g/mol. The van der Waals surface area contributed by atoms with Crippen molar-refractivity contribution in [3.05, 3.63) is 27.1 Å². The third-order valence-corrected chi connectivity index (χ3v) is 4.29. The smallest absolute Gasteiger partial charge is 0.238 e. The minimum Gasteiger partial charge on any atom is -0.374 e. The first-order valence-electron chi connectivity index (χ1n) is 6.80.